The highest BCUT2D eigenvalue weighted by molar-refractivity contribution is 5.75. The SMILES string of the molecule is CC(C)(C)C(=O)OCC1OC(=O)CC1C1OCCO1. The average molecular weight is 272 g/mol. The van der Waals surface area contributed by atoms with Crippen LogP contribution in [0.1, 0.15) is 27.2 Å². The van der Waals surface area contributed by atoms with E-state index in [0.717, 1.165) is 0 Å². The van der Waals surface area contributed by atoms with Crippen LogP contribution in [-0.4, -0.2) is 44.2 Å². The van der Waals surface area contributed by atoms with Crippen molar-refractivity contribution in [2.45, 2.75) is 39.6 Å². The molecule has 2 aliphatic heterocycles. The van der Waals surface area contributed by atoms with Crippen molar-refractivity contribution in [2.75, 3.05) is 19.8 Å². The van der Waals surface area contributed by atoms with Crippen molar-refractivity contribution in [3.8, 4) is 0 Å². The second-order valence-corrected chi connectivity index (χ2v) is 5.85. The van der Waals surface area contributed by atoms with E-state index in [9.17, 15) is 9.59 Å². The lowest BCUT2D eigenvalue weighted by atomic mass is 9.97. The molecule has 2 unspecified atom stereocenters. The highest BCUT2D eigenvalue weighted by Gasteiger charge is 2.43. The molecule has 0 bridgehead atoms. The zero-order valence-electron chi connectivity index (χ0n) is 11.5. The van der Waals surface area contributed by atoms with Gasteiger partial charge in [0.15, 0.2) is 6.29 Å². The minimum absolute atomic E-state index is 0.0513. The number of rotatable bonds is 3. The van der Waals surface area contributed by atoms with Crippen LogP contribution in [0.5, 0.6) is 0 Å². The Morgan fingerprint density at radius 1 is 1.32 bits per heavy atom. The molecule has 19 heavy (non-hydrogen) atoms. The van der Waals surface area contributed by atoms with Gasteiger partial charge in [0, 0.05) is 0 Å². The predicted octanol–water partition coefficient (Wildman–Crippen LogP) is 0.880. The molecule has 6 heteroatoms. The summed E-state index contributed by atoms with van der Waals surface area (Å²) in [6.45, 7) is 6.41. The lowest BCUT2D eigenvalue weighted by Crippen LogP contribution is -2.35. The molecule has 0 amide bonds. The highest BCUT2D eigenvalue weighted by atomic mass is 16.7. The third kappa shape index (κ3) is 3.45. The molecule has 6 nitrogen and oxygen atoms in total. The van der Waals surface area contributed by atoms with Crippen LogP contribution in [0.4, 0.5) is 0 Å². The van der Waals surface area contributed by atoms with Crippen LogP contribution in [-0.2, 0) is 28.5 Å². The van der Waals surface area contributed by atoms with E-state index >= 15 is 0 Å². The molecule has 0 radical (unpaired) electrons. The predicted molar refractivity (Wildman–Crippen MR) is 64.1 cm³/mol. The van der Waals surface area contributed by atoms with E-state index in [2.05, 4.69) is 0 Å². The van der Waals surface area contributed by atoms with Crippen LogP contribution in [0.3, 0.4) is 0 Å². The fourth-order valence-electron chi connectivity index (χ4n) is 2.06. The largest absolute Gasteiger partial charge is 0.461 e. The molecule has 2 aliphatic rings. The maximum Gasteiger partial charge on any atom is 0.311 e. The van der Waals surface area contributed by atoms with Gasteiger partial charge in [-0.15, -0.1) is 0 Å². The Bertz CT molecular complexity index is 353. The van der Waals surface area contributed by atoms with E-state index in [-0.39, 0.29) is 30.9 Å². The molecule has 0 aromatic carbocycles. The number of carbonyl (C=O) groups is 2. The maximum absolute atomic E-state index is 11.7. The Morgan fingerprint density at radius 2 is 1.95 bits per heavy atom. The van der Waals surface area contributed by atoms with E-state index in [4.69, 9.17) is 18.9 Å². The average Bonchev–Trinajstić information content (AvgIpc) is 2.92. The van der Waals surface area contributed by atoms with Gasteiger partial charge in [0.2, 0.25) is 0 Å². The quantitative estimate of drug-likeness (QED) is 0.710. The number of hydrogen-bond acceptors (Lipinski definition) is 6. The van der Waals surface area contributed by atoms with Crippen molar-refractivity contribution in [1.82, 2.24) is 0 Å². The van der Waals surface area contributed by atoms with E-state index in [1.807, 2.05) is 0 Å². The van der Waals surface area contributed by atoms with Gasteiger partial charge in [-0.1, -0.05) is 0 Å². The first kappa shape index (κ1) is 14.3. The summed E-state index contributed by atoms with van der Waals surface area (Å²) in [5, 5.41) is 0. The fourth-order valence-corrected chi connectivity index (χ4v) is 2.06. The number of ether oxygens (including phenoxy) is 4. The fraction of sp³-hybridized carbons (Fsp3) is 0.846. The van der Waals surface area contributed by atoms with E-state index in [0.29, 0.717) is 13.2 Å². The lowest BCUT2D eigenvalue weighted by Gasteiger charge is -2.23. The Labute approximate surface area is 112 Å². The topological polar surface area (TPSA) is 71.1 Å². The Hall–Kier alpha value is -1.14. The van der Waals surface area contributed by atoms with Gasteiger partial charge in [-0.2, -0.15) is 0 Å². The third-order valence-corrected chi connectivity index (χ3v) is 3.15. The second-order valence-electron chi connectivity index (χ2n) is 5.85. The van der Waals surface area contributed by atoms with E-state index < -0.39 is 17.8 Å². The summed E-state index contributed by atoms with van der Waals surface area (Å²) in [4.78, 5) is 23.1. The maximum atomic E-state index is 11.7. The van der Waals surface area contributed by atoms with Crippen LogP contribution < -0.4 is 0 Å². The molecule has 0 N–H and O–H groups in total. The minimum Gasteiger partial charge on any atom is -0.461 e. The van der Waals surface area contributed by atoms with Gasteiger partial charge in [0.25, 0.3) is 0 Å². The molecule has 0 aliphatic carbocycles. The van der Waals surface area contributed by atoms with Crippen LogP contribution in [0.15, 0.2) is 0 Å². The number of esters is 2. The summed E-state index contributed by atoms with van der Waals surface area (Å²) in [5.74, 6) is -0.828. The molecule has 0 saturated carbocycles. The van der Waals surface area contributed by atoms with Gasteiger partial charge in [0.05, 0.1) is 31.0 Å². The van der Waals surface area contributed by atoms with Crippen molar-refractivity contribution in [3.63, 3.8) is 0 Å². The molecule has 2 fully saturated rings. The molecule has 0 spiro atoms. The van der Waals surface area contributed by atoms with Gasteiger partial charge in [-0.05, 0) is 20.8 Å². The van der Waals surface area contributed by atoms with Gasteiger partial charge < -0.3 is 18.9 Å². The van der Waals surface area contributed by atoms with Crippen molar-refractivity contribution in [1.29, 1.82) is 0 Å². The van der Waals surface area contributed by atoms with Crippen LogP contribution >= 0.6 is 0 Å². The van der Waals surface area contributed by atoms with E-state index in [1.165, 1.54) is 0 Å². The normalized spacial score (nSPS) is 28.5. The summed E-state index contributed by atoms with van der Waals surface area (Å²) < 4.78 is 21.2. The van der Waals surface area contributed by atoms with E-state index in [1.54, 1.807) is 20.8 Å². The molecule has 2 saturated heterocycles. The zero-order valence-corrected chi connectivity index (χ0v) is 11.5. The molecular formula is C13H20O6. The first-order valence-corrected chi connectivity index (χ1v) is 6.48. The number of carbonyl (C=O) groups excluding carboxylic acids is 2. The number of hydrogen-bond donors (Lipinski definition) is 0. The highest BCUT2D eigenvalue weighted by Crippen LogP contribution is 2.30. The smallest absolute Gasteiger partial charge is 0.311 e. The van der Waals surface area contributed by atoms with Crippen molar-refractivity contribution < 1.29 is 28.5 Å². The standard InChI is InChI=1S/C13H20O6/c1-13(2,3)12(15)18-7-9-8(6-10(14)19-9)11-16-4-5-17-11/h8-9,11H,4-7H2,1-3H3. The molecule has 2 heterocycles. The van der Waals surface area contributed by atoms with Crippen LogP contribution in [0.2, 0.25) is 0 Å². The lowest BCUT2D eigenvalue weighted by molar-refractivity contribution is -0.163. The number of cyclic esters (lactones) is 1. The molecule has 0 aromatic rings. The van der Waals surface area contributed by atoms with Gasteiger partial charge in [0.1, 0.15) is 12.7 Å². The molecule has 2 rings (SSSR count). The third-order valence-electron chi connectivity index (χ3n) is 3.15. The van der Waals surface area contributed by atoms with Gasteiger partial charge >= 0.3 is 11.9 Å². The first-order chi connectivity index (χ1) is 8.88. The molecule has 2 atom stereocenters. The summed E-state index contributed by atoms with van der Waals surface area (Å²) in [6.07, 6.45) is -0.686. The molecular weight excluding hydrogens is 252 g/mol. The van der Waals surface area contributed by atoms with Crippen LogP contribution in [0, 0.1) is 11.3 Å². The Kier molecular flexibility index (Phi) is 4.10. The minimum atomic E-state index is -0.571. The Balaban J connectivity index is 1.90. The Morgan fingerprint density at radius 3 is 2.53 bits per heavy atom. The van der Waals surface area contributed by atoms with Crippen LogP contribution in [0.25, 0.3) is 0 Å². The molecule has 108 valence electrons. The zero-order chi connectivity index (χ0) is 14.0. The second kappa shape index (κ2) is 5.46. The van der Waals surface area contributed by atoms with Crippen molar-refractivity contribution >= 4 is 11.9 Å². The van der Waals surface area contributed by atoms with Crippen molar-refractivity contribution in [3.05, 3.63) is 0 Å². The van der Waals surface area contributed by atoms with Gasteiger partial charge in [-0.3, -0.25) is 9.59 Å². The summed E-state index contributed by atoms with van der Waals surface area (Å²) in [5.41, 5.74) is -0.571. The summed E-state index contributed by atoms with van der Waals surface area (Å²) in [7, 11) is 0. The first-order valence-electron chi connectivity index (χ1n) is 6.48. The van der Waals surface area contributed by atoms with Crippen molar-refractivity contribution in [2.24, 2.45) is 11.3 Å². The van der Waals surface area contributed by atoms with Gasteiger partial charge in [-0.25, -0.2) is 0 Å². The monoisotopic (exact) mass is 272 g/mol. The summed E-state index contributed by atoms with van der Waals surface area (Å²) in [6, 6.07) is 0. The molecule has 0 aromatic heterocycles. The summed E-state index contributed by atoms with van der Waals surface area (Å²) >= 11 is 0.